The van der Waals surface area contributed by atoms with Crippen LogP contribution < -0.4 is 10.1 Å². The van der Waals surface area contributed by atoms with E-state index in [0.717, 1.165) is 35.1 Å². The molecule has 34 heavy (non-hydrogen) atoms. The average molecular weight is 477 g/mol. The molecule has 1 amide bonds. The smallest absolute Gasteiger partial charge is 0.230 e. The summed E-state index contributed by atoms with van der Waals surface area (Å²) in [4.78, 5) is 12.5. The number of aryl methyl sites for hydroxylation is 1. The van der Waals surface area contributed by atoms with Gasteiger partial charge in [-0.05, 0) is 56.2 Å². The van der Waals surface area contributed by atoms with Crippen LogP contribution in [0.2, 0.25) is 0 Å². The van der Waals surface area contributed by atoms with Gasteiger partial charge in [0, 0.05) is 13.1 Å². The summed E-state index contributed by atoms with van der Waals surface area (Å²) in [7, 11) is 1.66. The van der Waals surface area contributed by atoms with E-state index in [4.69, 9.17) is 4.74 Å². The lowest BCUT2D eigenvalue weighted by atomic mass is 9.97. The van der Waals surface area contributed by atoms with Crippen LogP contribution in [-0.4, -0.2) is 40.1 Å². The number of rotatable bonds is 11. The third kappa shape index (κ3) is 6.50. The zero-order valence-corrected chi connectivity index (χ0v) is 20.5. The second-order valence-electron chi connectivity index (χ2n) is 8.39. The van der Waals surface area contributed by atoms with Crippen LogP contribution in [0.25, 0.3) is 11.4 Å². The van der Waals surface area contributed by atoms with Crippen LogP contribution in [0, 0.1) is 0 Å². The molecule has 2 aromatic carbocycles. The fourth-order valence-corrected chi connectivity index (χ4v) is 4.98. The largest absolute Gasteiger partial charge is 0.496 e. The fourth-order valence-electron chi connectivity index (χ4n) is 4.19. The van der Waals surface area contributed by atoms with Crippen molar-refractivity contribution in [3.8, 4) is 17.1 Å². The highest BCUT2D eigenvalue weighted by Crippen LogP contribution is 2.31. The van der Waals surface area contributed by atoms with Gasteiger partial charge >= 0.3 is 0 Å². The van der Waals surface area contributed by atoms with E-state index >= 15 is 0 Å². The molecule has 0 bridgehead atoms. The van der Waals surface area contributed by atoms with E-state index in [1.807, 2.05) is 42.5 Å². The van der Waals surface area contributed by atoms with Gasteiger partial charge in [-0.2, -0.15) is 0 Å². The Morgan fingerprint density at radius 1 is 1.06 bits per heavy atom. The lowest BCUT2D eigenvalue weighted by Crippen LogP contribution is -2.26. The van der Waals surface area contributed by atoms with Crippen LogP contribution >= 0.6 is 11.8 Å². The van der Waals surface area contributed by atoms with Crippen molar-refractivity contribution in [1.82, 2.24) is 20.1 Å². The number of ether oxygens (including phenoxy) is 1. The maximum atomic E-state index is 12.5. The number of carbonyl (C=O) groups excluding carboxylic acids is 1. The number of nitrogens with one attached hydrogen (secondary N) is 1. The molecule has 4 rings (SSSR count). The van der Waals surface area contributed by atoms with Gasteiger partial charge in [0.15, 0.2) is 11.0 Å². The molecule has 7 heteroatoms. The zero-order valence-electron chi connectivity index (χ0n) is 19.7. The summed E-state index contributed by atoms with van der Waals surface area (Å²) in [6, 6.07) is 18.2. The van der Waals surface area contributed by atoms with Crippen molar-refractivity contribution in [3.63, 3.8) is 0 Å². The van der Waals surface area contributed by atoms with Crippen LogP contribution in [0.5, 0.6) is 5.75 Å². The molecule has 178 valence electrons. The van der Waals surface area contributed by atoms with Gasteiger partial charge in [-0.25, -0.2) is 0 Å². The highest BCUT2D eigenvalue weighted by atomic mass is 32.2. The number of aromatic nitrogens is 3. The fraction of sp³-hybridized carbons (Fsp3) is 0.370. The predicted molar refractivity (Wildman–Crippen MR) is 137 cm³/mol. The Morgan fingerprint density at radius 3 is 2.68 bits per heavy atom. The van der Waals surface area contributed by atoms with Crippen LogP contribution in [0.4, 0.5) is 0 Å². The van der Waals surface area contributed by atoms with E-state index < -0.39 is 0 Å². The Balaban J connectivity index is 1.43. The maximum absolute atomic E-state index is 12.5. The number of methoxy groups -OCH3 is 1. The molecule has 1 aliphatic rings. The Bertz CT molecular complexity index is 1110. The SMILES string of the molecule is COc1ccccc1-c1nnc(SCC(=O)NCCC2=CCCCC2)n1CCc1ccccc1. The van der Waals surface area contributed by atoms with Gasteiger partial charge in [0.1, 0.15) is 5.75 Å². The standard InChI is InChI=1S/C27H32N4O2S/c1-33-24-15-9-8-14-23(24)26-29-30-27(31(26)19-17-22-12-6-3-7-13-22)34-20-25(32)28-18-16-21-10-4-2-5-11-21/h3,6-10,12-15H,2,4-5,11,16-20H2,1H3,(H,28,32). The molecule has 1 aliphatic carbocycles. The molecule has 0 unspecified atom stereocenters. The highest BCUT2D eigenvalue weighted by Gasteiger charge is 2.18. The number of nitrogens with zero attached hydrogens (tertiary/aromatic N) is 3. The number of hydrogen-bond acceptors (Lipinski definition) is 5. The van der Waals surface area contributed by atoms with E-state index in [9.17, 15) is 4.79 Å². The first-order valence-electron chi connectivity index (χ1n) is 11.9. The third-order valence-corrected chi connectivity index (χ3v) is 6.98. The zero-order chi connectivity index (χ0) is 23.6. The Hall–Kier alpha value is -3.06. The minimum Gasteiger partial charge on any atom is -0.496 e. The Kier molecular flexibility index (Phi) is 8.79. The molecule has 0 fully saturated rings. The molecular weight excluding hydrogens is 444 g/mol. The van der Waals surface area contributed by atoms with E-state index in [1.165, 1.54) is 48.6 Å². The monoisotopic (exact) mass is 476 g/mol. The predicted octanol–water partition coefficient (Wildman–Crippen LogP) is 5.30. The average Bonchev–Trinajstić information content (AvgIpc) is 3.30. The van der Waals surface area contributed by atoms with E-state index in [1.54, 1.807) is 7.11 Å². The first-order chi connectivity index (χ1) is 16.7. The first-order valence-corrected chi connectivity index (χ1v) is 12.9. The number of amides is 1. The van der Waals surface area contributed by atoms with Crippen molar-refractivity contribution in [1.29, 1.82) is 0 Å². The van der Waals surface area contributed by atoms with Crippen molar-refractivity contribution in [2.75, 3.05) is 19.4 Å². The van der Waals surface area contributed by atoms with Gasteiger partial charge < -0.3 is 14.6 Å². The molecule has 6 nitrogen and oxygen atoms in total. The molecule has 0 saturated heterocycles. The molecule has 3 aromatic rings. The number of benzene rings is 2. The summed E-state index contributed by atoms with van der Waals surface area (Å²) in [6.07, 6.45) is 9.01. The molecule has 1 aromatic heterocycles. The number of thioether (sulfide) groups is 1. The van der Waals surface area contributed by atoms with E-state index in [-0.39, 0.29) is 5.91 Å². The van der Waals surface area contributed by atoms with Gasteiger partial charge in [-0.15, -0.1) is 10.2 Å². The van der Waals surface area contributed by atoms with Gasteiger partial charge in [0.05, 0.1) is 18.4 Å². The Morgan fingerprint density at radius 2 is 1.88 bits per heavy atom. The molecule has 0 saturated carbocycles. The van der Waals surface area contributed by atoms with Gasteiger partial charge in [-0.3, -0.25) is 4.79 Å². The number of carbonyl (C=O) groups is 1. The molecule has 0 radical (unpaired) electrons. The normalized spacial score (nSPS) is 13.4. The molecule has 0 atom stereocenters. The molecular formula is C27H32N4O2S. The van der Waals surface area contributed by atoms with Crippen molar-refractivity contribution in [2.24, 2.45) is 0 Å². The van der Waals surface area contributed by atoms with Crippen molar-refractivity contribution < 1.29 is 9.53 Å². The molecule has 0 aliphatic heterocycles. The lowest BCUT2D eigenvalue weighted by molar-refractivity contribution is -0.118. The maximum Gasteiger partial charge on any atom is 0.230 e. The number of allylic oxidation sites excluding steroid dienone is 1. The van der Waals surface area contributed by atoms with Crippen LogP contribution in [-0.2, 0) is 17.8 Å². The lowest BCUT2D eigenvalue weighted by Gasteiger charge is -2.13. The minimum absolute atomic E-state index is 0.0258. The summed E-state index contributed by atoms with van der Waals surface area (Å²) < 4.78 is 7.66. The molecule has 0 spiro atoms. The van der Waals surface area contributed by atoms with Gasteiger partial charge in [0.2, 0.25) is 5.91 Å². The minimum atomic E-state index is 0.0258. The summed E-state index contributed by atoms with van der Waals surface area (Å²) >= 11 is 1.43. The molecule has 1 heterocycles. The van der Waals surface area contributed by atoms with Crippen molar-refractivity contribution in [3.05, 3.63) is 71.8 Å². The second kappa shape index (κ2) is 12.4. The van der Waals surface area contributed by atoms with Crippen LogP contribution in [0.15, 0.2) is 71.4 Å². The Labute approximate surface area is 205 Å². The van der Waals surface area contributed by atoms with Crippen molar-refractivity contribution in [2.45, 2.75) is 50.2 Å². The quantitative estimate of drug-likeness (QED) is 0.301. The molecule has 1 N–H and O–H groups in total. The summed E-state index contributed by atoms with van der Waals surface area (Å²) in [5, 5.41) is 12.7. The topological polar surface area (TPSA) is 69.0 Å². The highest BCUT2D eigenvalue weighted by molar-refractivity contribution is 7.99. The van der Waals surface area contributed by atoms with Crippen molar-refractivity contribution >= 4 is 17.7 Å². The number of hydrogen-bond donors (Lipinski definition) is 1. The van der Waals surface area contributed by atoms with E-state index in [2.05, 4.69) is 38.3 Å². The summed E-state index contributed by atoms with van der Waals surface area (Å²) in [5.41, 5.74) is 3.61. The van der Waals surface area contributed by atoms with Crippen LogP contribution in [0.1, 0.15) is 37.7 Å². The van der Waals surface area contributed by atoms with Crippen LogP contribution in [0.3, 0.4) is 0 Å². The second-order valence-corrected chi connectivity index (χ2v) is 9.33. The van der Waals surface area contributed by atoms with Gasteiger partial charge in [0.25, 0.3) is 0 Å². The summed E-state index contributed by atoms with van der Waals surface area (Å²) in [5.74, 6) is 1.84. The summed E-state index contributed by atoms with van der Waals surface area (Å²) in [6.45, 7) is 1.40. The third-order valence-electron chi connectivity index (χ3n) is 6.02. The first kappa shape index (κ1) is 24.1. The van der Waals surface area contributed by atoms with Gasteiger partial charge in [-0.1, -0.05) is 65.9 Å². The van der Waals surface area contributed by atoms with E-state index in [0.29, 0.717) is 18.8 Å². The number of para-hydroxylation sites is 1.